The van der Waals surface area contributed by atoms with Gasteiger partial charge in [-0.2, -0.15) is 0 Å². The van der Waals surface area contributed by atoms with Crippen LogP contribution in [0.5, 0.6) is 0 Å². The van der Waals surface area contributed by atoms with Crippen LogP contribution >= 0.6 is 0 Å². The zero-order chi connectivity index (χ0) is 22.9. The fraction of sp³-hybridized carbons (Fsp3) is 0.400. The minimum Gasteiger partial charge on any atom is -0.388 e. The fourth-order valence-corrected chi connectivity index (χ4v) is 6.36. The number of benzene rings is 2. The number of pyridine rings is 1. The number of aliphatic hydroxyl groups is 1. The summed E-state index contributed by atoms with van der Waals surface area (Å²) in [6.45, 7) is 1.37. The third-order valence-corrected chi connectivity index (χ3v) is 8.48. The lowest BCUT2D eigenvalue weighted by molar-refractivity contribution is 0.0770. The average Bonchev–Trinajstić information content (AvgIpc) is 3.81. The van der Waals surface area contributed by atoms with Crippen molar-refractivity contribution in [3.63, 3.8) is 0 Å². The molecule has 172 valence electrons. The van der Waals surface area contributed by atoms with Crippen LogP contribution < -0.4 is 0 Å². The SMILES string of the molecule is O=C(c1cccc(C2CC2)n1)N1CCC2(CC(O)c3cc(-c4ccccc4C4CC4)ccc32)C1. The normalized spacial score (nSPS) is 25.7. The molecule has 0 radical (unpaired) electrons. The van der Waals surface area contributed by atoms with E-state index in [4.69, 9.17) is 0 Å². The molecule has 2 aromatic carbocycles. The number of likely N-dealkylation sites (tertiary alicyclic amines) is 1. The van der Waals surface area contributed by atoms with E-state index in [0.29, 0.717) is 37.0 Å². The average molecular weight is 451 g/mol. The van der Waals surface area contributed by atoms with E-state index in [1.54, 1.807) is 0 Å². The van der Waals surface area contributed by atoms with Crippen molar-refractivity contribution >= 4 is 5.91 Å². The highest BCUT2D eigenvalue weighted by Crippen LogP contribution is 2.52. The molecule has 2 heterocycles. The zero-order valence-corrected chi connectivity index (χ0v) is 19.4. The maximum Gasteiger partial charge on any atom is 0.272 e. The third-order valence-electron chi connectivity index (χ3n) is 8.48. The lowest BCUT2D eigenvalue weighted by Crippen LogP contribution is -2.34. The Morgan fingerprint density at radius 3 is 2.59 bits per heavy atom. The van der Waals surface area contributed by atoms with Gasteiger partial charge < -0.3 is 10.0 Å². The summed E-state index contributed by atoms with van der Waals surface area (Å²) in [7, 11) is 0. The molecule has 3 aromatic rings. The Kier molecular flexibility index (Phi) is 4.51. The Hall–Kier alpha value is -2.98. The monoisotopic (exact) mass is 450 g/mol. The van der Waals surface area contributed by atoms with Gasteiger partial charge in [0.25, 0.3) is 5.91 Å². The van der Waals surface area contributed by atoms with Gasteiger partial charge in [0.15, 0.2) is 0 Å². The van der Waals surface area contributed by atoms with Crippen molar-refractivity contribution in [2.24, 2.45) is 0 Å². The Balaban J connectivity index is 1.17. The van der Waals surface area contributed by atoms with E-state index in [9.17, 15) is 9.90 Å². The number of amides is 1. The van der Waals surface area contributed by atoms with Gasteiger partial charge in [-0.25, -0.2) is 4.98 Å². The number of carbonyl (C=O) groups is 1. The van der Waals surface area contributed by atoms with E-state index in [1.807, 2.05) is 23.1 Å². The number of hydrogen-bond acceptors (Lipinski definition) is 3. The van der Waals surface area contributed by atoms with E-state index in [0.717, 1.165) is 17.7 Å². The quantitative estimate of drug-likeness (QED) is 0.553. The number of rotatable bonds is 4. The predicted octanol–water partition coefficient (Wildman–Crippen LogP) is 5.72. The van der Waals surface area contributed by atoms with E-state index in [1.165, 1.54) is 47.9 Å². The molecule has 1 aliphatic heterocycles. The number of nitrogens with zero attached hydrogens (tertiary/aromatic N) is 2. The van der Waals surface area contributed by atoms with Crippen LogP contribution in [0.25, 0.3) is 11.1 Å². The molecule has 4 heteroatoms. The minimum absolute atomic E-state index is 0.0253. The molecule has 0 bridgehead atoms. The highest BCUT2D eigenvalue weighted by atomic mass is 16.3. The maximum absolute atomic E-state index is 13.3. The minimum atomic E-state index is -0.477. The molecule has 2 saturated carbocycles. The molecule has 34 heavy (non-hydrogen) atoms. The Bertz CT molecular complexity index is 1290. The highest BCUT2D eigenvalue weighted by Gasteiger charge is 2.49. The molecule has 3 aliphatic carbocycles. The van der Waals surface area contributed by atoms with Gasteiger partial charge in [0, 0.05) is 30.1 Å². The van der Waals surface area contributed by atoms with Gasteiger partial charge in [0.05, 0.1) is 6.10 Å². The third kappa shape index (κ3) is 3.31. The van der Waals surface area contributed by atoms with Crippen molar-refractivity contribution < 1.29 is 9.90 Å². The molecule has 4 aliphatic rings. The van der Waals surface area contributed by atoms with Crippen molar-refractivity contribution in [2.45, 2.75) is 61.9 Å². The van der Waals surface area contributed by atoms with Gasteiger partial charge in [-0.05, 0) is 90.5 Å². The second kappa shape index (κ2) is 7.51. The molecule has 7 rings (SSSR count). The van der Waals surface area contributed by atoms with E-state index in [-0.39, 0.29) is 11.3 Å². The summed E-state index contributed by atoms with van der Waals surface area (Å²) >= 11 is 0. The van der Waals surface area contributed by atoms with Crippen molar-refractivity contribution in [2.75, 3.05) is 13.1 Å². The number of aromatic nitrogens is 1. The van der Waals surface area contributed by atoms with E-state index < -0.39 is 6.10 Å². The number of hydrogen-bond donors (Lipinski definition) is 1. The van der Waals surface area contributed by atoms with Gasteiger partial charge in [0.1, 0.15) is 5.69 Å². The second-order valence-electron chi connectivity index (χ2n) is 10.9. The van der Waals surface area contributed by atoms with Crippen LogP contribution in [-0.2, 0) is 5.41 Å². The summed E-state index contributed by atoms with van der Waals surface area (Å²) in [5.41, 5.74) is 7.66. The first-order valence-electron chi connectivity index (χ1n) is 12.8. The highest BCUT2D eigenvalue weighted by molar-refractivity contribution is 5.92. The second-order valence-corrected chi connectivity index (χ2v) is 10.9. The summed E-state index contributed by atoms with van der Waals surface area (Å²) < 4.78 is 0. The number of fused-ring (bicyclic) bond motifs is 2. The van der Waals surface area contributed by atoms with Crippen molar-refractivity contribution in [3.8, 4) is 11.1 Å². The van der Waals surface area contributed by atoms with E-state index >= 15 is 0 Å². The van der Waals surface area contributed by atoms with Gasteiger partial charge >= 0.3 is 0 Å². The number of aliphatic hydroxyl groups excluding tert-OH is 1. The fourth-order valence-electron chi connectivity index (χ4n) is 6.36. The molecule has 4 nitrogen and oxygen atoms in total. The van der Waals surface area contributed by atoms with Gasteiger partial charge in [-0.3, -0.25) is 4.79 Å². The molecule has 3 fully saturated rings. The van der Waals surface area contributed by atoms with Gasteiger partial charge in [-0.15, -0.1) is 0 Å². The summed E-state index contributed by atoms with van der Waals surface area (Å²) in [6.07, 6.45) is 6.01. The first-order valence-corrected chi connectivity index (χ1v) is 12.8. The molecule has 2 unspecified atom stereocenters. The Morgan fingerprint density at radius 2 is 1.76 bits per heavy atom. The van der Waals surface area contributed by atoms with Crippen LogP contribution in [-0.4, -0.2) is 34.0 Å². The summed E-state index contributed by atoms with van der Waals surface area (Å²) in [5.74, 6) is 1.24. The van der Waals surface area contributed by atoms with E-state index in [2.05, 4.69) is 47.4 Å². The lowest BCUT2D eigenvalue weighted by atomic mass is 9.80. The smallest absolute Gasteiger partial charge is 0.272 e. The van der Waals surface area contributed by atoms with Crippen molar-refractivity contribution in [1.29, 1.82) is 0 Å². The Morgan fingerprint density at radius 1 is 0.941 bits per heavy atom. The zero-order valence-electron chi connectivity index (χ0n) is 19.4. The first kappa shape index (κ1) is 20.4. The van der Waals surface area contributed by atoms with Crippen LogP contribution in [0.3, 0.4) is 0 Å². The van der Waals surface area contributed by atoms with Crippen molar-refractivity contribution in [1.82, 2.24) is 9.88 Å². The van der Waals surface area contributed by atoms with Crippen LogP contribution in [0.1, 0.15) is 89.3 Å². The largest absolute Gasteiger partial charge is 0.388 e. The van der Waals surface area contributed by atoms with Crippen LogP contribution in [0.2, 0.25) is 0 Å². The lowest BCUT2D eigenvalue weighted by Gasteiger charge is -2.25. The van der Waals surface area contributed by atoms with Gasteiger partial charge in [-0.1, -0.05) is 42.5 Å². The summed E-state index contributed by atoms with van der Waals surface area (Å²) in [5, 5.41) is 11.1. The van der Waals surface area contributed by atoms with Crippen LogP contribution in [0.15, 0.2) is 60.7 Å². The van der Waals surface area contributed by atoms with Crippen LogP contribution in [0.4, 0.5) is 0 Å². The first-order chi connectivity index (χ1) is 16.6. The topological polar surface area (TPSA) is 53.4 Å². The molecule has 1 spiro atoms. The standard InChI is InChI=1S/C30H30N2O2/c33-28-17-30(14-15-32(18-30)29(34)27-7-3-6-26(31-27)20-10-11-20)25-13-12-21(16-24(25)28)23-5-2-1-4-22(23)19-8-9-19/h1-7,12-13,16,19-20,28,33H,8-11,14-15,17-18H2. The van der Waals surface area contributed by atoms with Gasteiger partial charge in [0.2, 0.25) is 0 Å². The van der Waals surface area contributed by atoms with Crippen LogP contribution in [0, 0.1) is 0 Å². The molecule has 1 amide bonds. The predicted molar refractivity (Wildman–Crippen MR) is 132 cm³/mol. The maximum atomic E-state index is 13.3. The molecule has 1 aromatic heterocycles. The summed E-state index contributed by atoms with van der Waals surface area (Å²) in [6, 6.07) is 21.2. The summed E-state index contributed by atoms with van der Waals surface area (Å²) in [4.78, 5) is 20.0. The molecule has 2 atom stereocenters. The number of carbonyl (C=O) groups excluding carboxylic acids is 1. The molecule has 1 N–H and O–H groups in total. The Labute approximate surface area is 200 Å². The molecule has 1 saturated heterocycles. The van der Waals surface area contributed by atoms with Crippen molar-refractivity contribution in [3.05, 3.63) is 88.7 Å². The molecular weight excluding hydrogens is 420 g/mol. The molecular formula is C30H30N2O2.